The highest BCUT2D eigenvalue weighted by Crippen LogP contribution is 2.56. The number of anilines is 2. The van der Waals surface area contributed by atoms with Gasteiger partial charge in [0.2, 0.25) is 5.72 Å². The van der Waals surface area contributed by atoms with Crippen LogP contribution in [0.1, 0.15) is 24.5 Å². The third kappa shape index (κ3) is 2.61. The van der Waals surface area contributed by atoms with Crippen LogP contribution in [0.15, 0.2) is 54.6 Å². The molecule has 2 unspecified atom stereocenters. The number of esters is 1. The summed E-state index contributed by atoms with van der Waals surface area (Å²) in [7, 11) is 4.02. The van der Waals surface area contributed by atoms with E-state index < -0.39 is 11.1 Å². The highest BCUT2D eigenvalue weighted by atomic mass is 16.6. The van der Waals surface area contributed by atoms with Gasteiger partial charge < -0.3 is 19.6 Å². The average molecular weight is 378 g/mol. The molecule has 0 bridgehead atoms. The maximum atomic E-state index is 12.3. The summed E-state index contributed by atoms with van der Waals surface area (Å²) in [6.45, 7) is 2.30. The Kier molecular flexibility index (Phi) is 4.42. The molecule has 2 heterocycles. The monoisotopic (exact) mass is 378 g/mol. The summed E-state index contributed by atoms with van der Waals surface area (Å²) in [5.74, 6) is -0.244. The molecule has 0 aliphatic carbocycles. The molecule has 0 aromatic heterocycles. The lowest BCUT2D eigenvalue weighted by atomic mass is 9.73. The zero-order valence-corrected chi connectivity index (χ0v) is 16.6. The summed E-state index contributed by atoms with van der Waals surface area (Å²) < 4.78 is 5.99. The smallest absolute Gasteiger partial charge is 0.328 e. The maximum absolute atomic E-state index is 12.3. The van der Waals surface area contributed by atoms with E-state index in [1.807, 2.05) is 49.3 Å². The molecular formula is C23H26N2O3. The minimum atomic E-state index is -0.934. The zero-order valence-electron chi connectivity index (χ0n) is 16.6. The predicted molar refractivity (Wildman–Crippen MR) is 111 cm³/mol. The fraction of sp³-hybridized carbons (Fsp3) is 0.348. The molecule has 28 heavy (non-hydrogen) atoms. The molecule has 4 rings (SSSR count). The van der Waals surface area contributed by atoms with Gasteiger partial charge in [0, 0.05) is 32.1 Å². The Morgan fingerprint density at radius 1 is 1.18 bits per heavy atom. The molecule has 5 nitrogen and oxygen atoms in total. The molecule has 0 amide bonds. The summed E-state index contributed by atoms with van der Waals surface area (Å²) in [6.07, 6.45) is 4.49. The number of nitrogens with zero attached hydrogens (tertiary/aromatic N) is 2. The van der Waals surface area contributed by atoms with Crippen molar-refractivity contribution in [1.82, 2.24) is 0 Å². The molecule has 2 aliphatic heterocycles. The SMILES string of the molecule is CN(C)c1ccc(C=CC23OC(=O)CN2c2ccccc2C3(C)CCO)cc1. The number of aliphatic hydroxyl groups is 1. The van der Waals surface area contributed by atoms with Crippen molar-refractivity contribution >= 4 is 23.4 Å². The molecule has 2 aliphatic rings. The fourth-order valence-corrected chi connectivity index (χ4v) is 4.49. The number of hydrogen-bond donors (Lipinski definition) is 1. The molecule has 2 aromatic carbocycles. The molecule has 0 saturated carbocycles. The summed E-state index contributed by atoms with van der Waals surface area (Å²) in [5.41, 5.74) is 2.79. The van der Waals surface area contributed by atoms with Crippen molar-refractivity contribution in [2.75, 3.05) is 37.0 Å². The zero-order chi connectivity index (χ0) is 19.9. The minimum absolute atomic E-state index is 0.0172. The molecule has 1 N–H and O–H groups in total. The number of rotatable bonds is 5. The van der Waals surface area contributed by atoms with Crippen LogP contribution in [0.2, 0.25) is 0 Å². The van der Waals surface area contributed by atoms with E-state index in [0.717, 1.165) is 22.5 Å². The first kappa shape index (κ1) is 18.6. The molecule has 1 fully saturated rings. The Bertz CT molecular complexity index is 922. The van der Waals surface area contributed by atoms with E-state index in [2.05, 4.69) is 42.2 Å². The molecule has 5 heteroatoms. The van der Waals surface area contributed by atoms with E-state index in [1.165, 1.54) is 0 Å². The number of para-hydroxylation sites is 1. The molecule has 0 spiro atoms. The van der Waals surface area contributed by atoms with Gasteiger partial charge in [0.15, 0.2) is 0 Å². The normalized spacial score (nSPS) is 25.7. The summed E-state index contributed by atoms with van der Waals surface area (Å²) in [5, 5.41) is 9.80. The number of ether oxygens (including phenoxy) is 1. The number of aliphatic hydroxyl groups excluding tert-OH is 1. The molecule has 1 saturated heterocycles. The number of hydrogen-bond acceptors (Lipinski definition) is 5. The van der Waals surface area contributed by atoms with Gasteiger partial charge in [-0.15, -0.1) is 0 Å². The van der Waals surface area contributed by atoms with E-state index in [1.54, 1.807) is 0 Å². The lowest BCUT2D eigenvalue weighted by Crippen LogP contribution is -2.53. The van der Waals surface area contributed by atoms with Crippen LogP contribution in [0.4, 0.5) is 11.4 Å². The average Bonchev–Trinajstić information content (AvgIpc) is 3.12. The van der Waals surface area contributed by atoms with E-state index in [-0.39, 0.29) is 19.1 Å². The van der Waals surface area contributed by atoms with Gasteiger partial charge in [0.25, 0.3) is 0 Å². The lowest BCUT2D eigenvalue weighted by Gasteiger charge is -2.40. The van der Waals surface area contributed by atoms with E-state index in [0.29, 0.717) is 6.42 Å². The van der Waals surface area contributed by atoms with Crippen LogP contribution >= 0.6 is 0 Å². The van der Waals surface area contributed by atoms with Gasteiger partial charge in [0.1, 0.15) is 6.54 Å². The standard InChI is InChI=1S/C23H26N2O3/c1-22(14-15-26)19-6-4-5-7-20(19)25-16-21(27)28-23(22,25)13-12-17-8-10-18(11-9-17)24(2)3/h4-13,26H,14-16H2,1-3H3. The van der Waals surface area contributed by atoms with Gasteiger partial charge >= 0.3 is 5.97 Å². The summed E-state index contributed by atoms with van der Waals surface area (Å²) in [6, 6.07) is 16.3. The van der Waals surface area contributed by atoms with Crippen molar-refractivity contribution < 1.29 is 14.6 Å². The van der Waals surface area contributed by atoms with Crippen molar-refractivity contribution in [2.24, 2.45) is 0 Å². The second-order valence-electron chi connectivity index (χ2n) is 7.90. The number of carbonyl (C=O) groups is 1. The van der Waals surface area contributed by atoms with Gasteiger partial charge in [-0.25, -0.2) is 0 Å². The van der Waals surface area contributed by atoms with Crippen LogP contribution in [0, 0.1) is 0 Å². The Morgan fingerprint density at radius 3 is 2.57 bits per heavy atom. The molecule has 0 radical (unpaired) electrons. The third-order valence-corrected chi connectivity index (χ3v) is 6.06. The first-order chi connectivity index (χ1) is 13.4. The van der Waals surface area contributed by atoms with E-state index in [4.69, 9.17) is 4.74 Å². The Morgan fingerprint density at radius 2 is 1.89 bits per heavy atom. The molecule has 146 valence electrons. The number of carbonyl (C=O) groups excluding carboxylic acids is 1. The van der Waals surface area contributed by atoms with E-state index >= 15 is 0 Å². The van der Waals surface area contributed by atoms with Gasteiger partial charge in [0.05, 0.1) is 5.41 Å². The topological polar surface area (TPSA) is 53.0 Å². The second-order valence-corrected chi connectivity index (χ2v) is 7.90. The van der Waals surface area contributed by atoms with E-state index in [9.17, 15) is 9.90 Å². The Hall–Kier alpha value is -2.79. The highest BCUT2D eigenvalue weighted by Gasteiger charge is 2.64. The lowest BCUT2D eigenvalue weighted by molar-refractivity contribution is -0.148. The van der Waals surface area contributed by atoms with Crippen LogP contribution in [0.3, 0.4) is 0 Å². The van der Waals surface area contributed by atoms with Gasteiger partial charge in [-0.3, -0.25) is 4.79 Å². The van der Waals surface area contributed by atoms with Crippen LogP contribution in [-0.4, -0.2) is 44.0 Å². The fourth-order valence-electron chi connectivity index (χ4n) is 4.49. The van der Waals surface area contributed by atoms with Crippen molar-refractivity contribution in [3.8, 4) is 0 Å². The summed E-state index contributed by atoms with van der Waals surface area (Å²) in [4.78, 5) is 16.4. The third-order valence-electron chi connectivity index (χ3n) is 6.06. The number of fused-ring (bicyclic) bond motifs is 3. The van der Waals surface area contributed by atoms with Crippen LogP contribution < -0.4 is 9.80 Å². The second kappa shape index (κ2) is 6.67. The van der Waals surface area contributed by atoms with Crippen LogP contribution in [-0.2, 0) is 14.9 Å². The summed E-state index contributed by atoms with van der Waals surface area (Å²) >= 11 is 0. The molecule has 2 aromatic rings. The first-order valence-corrected chi connectivity index (χ1v) is 9.58. The Balaban J connectivity index is 1.79. The molecular weight excluding hydrogens is 352 g/mol. The van der Waals surface area contributed by atoms with Crippen molar-refractivity contribution in [1.29, 1.82) is 0 Å². The maximum Gasteiger partial charge on any atom is 0.328 e. The minimum Gasteiger partial charge on any atom is -0.433 e. The quantitative estimate of drug-likeness (QED) is 0.810. The Labute approximate surface area is 165 Å². The molecule has 2 atom stereocenters. The largest absolute Gasteiger partial charge is 0.433 e. The van der Waals surface area contributed by atoms with Crippen molar-refractivity contribution in [2.45, 2.75) is 24.5 Å². The van der Waals surface area contributed by atoms with Crippen molar-refractivity contribution in [3.63, 3.8) is 0 Å². The van der Waals surface area contributed by atoms with Gasteiger partial charge in [-0.2, -0.15) is 0 Å². The van der Waals surface area contributed by atoms with Gasteiger partial charge in [-0.05, 0) is 48.7 Å². The highest BCUT2D eigenvalue weighted by molar-refractivity contribution is 5.86. The number of benzene rings is 2. The van der Waals surface area contributed by atoms with Crippen LogP contribution in [0.25, 0.3) is 6.08 Å². The van der Waals surface area contributed by atoms with Gasteiger partial charge in [-0.1, -0.05) is 36.4 Å². The van der Waals surface area contributed by atoms with Crippen molar-refractivity contribution in [3.05, 3.63) is 65.7 Å². The first-order valence-electron chi connectivity index (χ1n) is 9.58. The van der Waals surface area contributed by atoms with Crippen LogP contribution in [0.5, 0.6) is 0 Å². The predicted octanol–water partition coefficient (Wildman–Crippen LogP) is 3.18.